The van der Waals surface area contributed by atoms with Gasteiger partial charge < -0.3 is 4.74 Å². The van der Waals surface area contributed by atoms with E-state index >= 15 is 0 Å². The fraction of sp³-hybridized carbons (Fsp3) is 0.600. The Balaban J connectivity index is 2.49. The predicted octanol–water partition coefficient (Wildman–Crippen LogP) is 1.99. The molecule has 0 aromatic carbocycles. The lowest BCUT2D eigenvalue weighted by atomic mass is 10.3. The molecule has 5 nitrogen and oxygen atoms in total. The number of amides is 1. The van der Waals surface area contributed by atoms with Crippen LogP contribution in [0.15, 0.2) is 11.8 Å². The lowest BCUT2D eigenvalue weighted by molar-refractivity contribution is -0.158. The normalized spacial score (nSPS) is 18.4. The average molecular weight is 213 g/mol. The van der Waals surface area contributed by atoms with E-state index < -0.39 is 6.16 Å². The van der Waals surface area contributed by atoms with Crippen LogP contribution in [0, 0.1) is 0 Å². The maximum absolute atomic E-state index is 11.3. The van der Waals surface area contributed by atoms with Gasteiger partial charge in [0, 0.05) is 6.42 Å². The summed E-state index contributed by atoms with van der Waals surface area (Å²) in [6, 6.07) is 0. The predicted molar refractivity (Wildman–Crippen MR) is 52.6 cm³/mol. The van der Waals surface area contributed by atoms with Gasteiger partial charge in [-0.2, -0.15) is 0 Å². The largest absolute Gasteiger partial charge is 0.533 e. The molecule has 0 N–H and O–H groups in total. The highest BCUT2D eigenvalue weighted by Gasteiger charge is 2.29. The van der Waals surface area contributed by atoms with Crippen molar-refractivity contribution < 1.29 is 19.2 Å². The highest BCUT2D eigenvalue weighted by atomic mass is 16.8. The number of carbonyl (C=O) groups excluding carboxylic acids is 2. The lowest BCUT2D eigenvalue weighted by Crippen LogP contribution is -2.27. The summed E-state index contributed by atoms with van der Waals surface area (Å²) in [4.78, 5) is 27.2. The van der Waals surface area contributed by atoms with E-state index in [1.165, 1.54) is 0 Å². The molecule has 1 aliphatic heterocycles. The quantitative estimate of drug-likeness (QED) is 0.673. The molecule has 0 saturated carbocycles. The number of allylic oxidation sites excluding steroid dienone is 2. The second-order valence-corrected chi connectivity index (χ2v) is 3.16. The van der Waals surface area contributed by atoms with Crippen LogP contribution in [0.5, 0.6) is 0 Å². The van der Waals surface area contributed by atoms with E-state index in [4.69, 9.17) is 9.57 Å². The Morgan fingerprint density at radius 1 is 1.53 bits per heavy atom. The zero-order valence-electron chi connectivity index (χ0n) is 8.99. The third-order valence-electron chi connectivity index (χ3n) is 2.01. The van der Waals surface area contributed by atoms with Crippen LogP contribution in [0.4, 0.5) is 4.79 Å². The van der Waals surface area contributed by atoms with Gasteiger partial charge in [-0.25, -0.2) is 4.79 Å². The van der Waals surface area contributed by atoms with Gasteiger partial charge in [0.2, 0.25) is 0 Å². The minimum atomic E-state index is -0.827. The maximum Gasteiger partial charge on any atom is 0.533 e. The van der Waals surface area contributed by atoms with Gasteiger partial charge in [-0.1, -0.05) is 13.0 Å². The fourth-order valence-electron chi connectivity index (χ4n) is 1.26. The van der Waals surface area contributed by atoms with E-state index in [9.17, 15) is 9.59 Å². The topological polar surface area (TPSA) is 55.8 Å². The Bertz CT molecular complexity index is 285. The smallest absolute Gasteiger partial charge is 0.433 e. The minimum Gasteiger partial charge on any atom is -0.433 e. The van der Waals surface area contributed by atoms with Crippen molar-refractivity contribution in [1.82, 2.24) is 5.06 Å². The molecular formula is C10H15NO4. The van der Waals surface area contributed by atoms with E-state index in [1.807, 2.05) is 6.92 Å². The molecule has 0 radical (unpaired) electrons. The van der Waals surface area contributed by atoms with Gasteiger partial charge in [0.15, 0.2) is 0 Å². The SMILES string of the molecule is C/C=C1/CCC(=O)N1OC(=O)OCCC. The van der Waals surface area contributed by atoms with E-state index in [0.29, 0.717) is 25.1 Å². The van der Waals surface area contributed by atoms with Crippen LogP contribution in [0.2, 0.25) is 0 Å². The molecule has 15 heavy (non-hydrogen) atoms. The molecule has 0 bridgehead atoms. The Hall–Kier alpha value is -1.52. The number of nitrogens with zero attached hydrogens (tertiary/aromatic N) is 1. The molecule has 5 heteroatoms. The van der Waals surface area contributed by atoms with Gasteiger partial charge >= 0.3 is 6.16 Å². The third kappa shape index (κ3) is 2.97. The molecule has 1 fully saturated rings. The van der Waals surface area contributed by atoms with E-state index in [0.717, 1.165) is 11.5 Å². The molecule has 1 rings (SSSR count). The van der Waals surface area contributed by atoms with Crippen LogP contribution in [-0.2, 0) is 14.4 Å². The maximum atomic E-state index is 11.3. The molecule has 0 unspecified atom stereocenters. The summed E-state index contributed by atoms with van der Waals surface area (Å²) in [6.07, 6.45) is 2.63. The van der Waals surface area contributed by atoms with Crippen LogP contribution in [0.1, 0.15) is 33.1 Å². The van der Waals surface area contributed by atoms with Gasteiger partial charge in [0.25, 0.3) is 5.91 Å². The molecule has 0 atom stereocenters. The highest BCUT2D eigenvalue weighted by molar-refractivity contribution is 5.81. The van der Waals surface area contributed by atoms with Crippen molar-refractivity contribution in [2.24, 2.45) is 0 Å². The standard InChI is InChI=1S/C10H15NO4/c1-3-7-14-10(13)15-11-8(4-2)5-6-9(11)12/h4H,3,5-7H2,1-2H3/b8-4-. The molecule has 0 aromatic heterocycles. The van der Waals surface area contributed by atoms with Crippen LogP contribution in [0.3, 0.4) is 0 Å². The molecule has 1 amide bonds. The first-order valence-electron chi connectivity index (χ1n) is 5.02. The van der Waals surface area contributed by atoms with Gasteiger partial charge in [-0.3, -0.25) is 9.63 Å². The van der Waals surface area contributed by atoms with Crippen molar-refractivity contribution in [3.8, 4) is 0 Å². The average Bonchev–Trinajstić information content (AvgIpc) is 2.57. The lowest BCUT2D eigenvalue weighted by Gasteiger charge is -2.15. The van der Waals surface area contributed by atoms with Gasteiger partial charge in [0.1, 0.15) is 0 Å². The number of rotatable bonds is 3. The van der Waals surface area contributed by atoms with Gasteiger partial charge in [0.05, 0.1) is 12.3 Å². The van der Waals surface area contributed by atoms with Crippen molar-refractivity contribution in [3.05, 3.63) is 11.8 Å². The molecular weight excluding hydrogens is 198 g/mol. The summed E-state index contributed by atoms with van der Waals surface area (Å²) in [5, 5.41) is 1.01. The van der Waals surface area contributed by atoms with E-state index in [-0.39, 0.29) is 5.91 Å². The Morgan fingerprint density at radius 2 is 2.27 bits per heavy atom. The molecule has 1 heterocycles. The van der Waals surface area contributed by atoms with E-state index in [1.54, 1.807) is 13.0 Å². The minimum absolute atomic E-state index is 0.212. The number of hydroxylamine groups is 2. The van der Waals surface area contributed by atoms with Crippen molar-refractivity contribution in [1.29, 1.82) is 0 Å². The van der Waals surface area contributed by atoms with Crippen LogP contribution < -0.4 is 0 Å². The molecule has 0 aromatic rings. The number of ether oxygens (including phenoxy) is 1. The first kappa shape index (κ1) is 11.6. The zero-order valence-corrected chi connectivity index (χ0v) is 8.99. The van der Waals surface area contributed by atoms with Gasteiger partial charge in [-0.05, 0) is 19.8 Å². The second-order valence-electron chi connectivity index (χ2n) is 3.16. The second kappa shape index (κ2) is 5.38. The van der Waals surface area contributed by atoms with Crippen molar-refractivity contribution in [2.75, 3.05) is 6.61 Å². The number of carbonyl (C=O) groups is 2. The Kier molecular flexibility index (Phi) is 4.15. The fourth-order valence-corrected chi connectivity index (χ4v) is 1.26. The molecule has 1 saturated heterocycles. The summed E-state index contributed by atoms with van der Waals surface area (Å²) >= 11 is 0. The van der Waals surface area contributed by atoms with Crippen LogP contribution in [-0.4, -0.2) is 23.7 Å². The number of hydrogen-bond donors (Lipinski definition) is 0. The summed E-state index contributed by atoms with van der Waals surface area (Å²) in [5.41, 5.74) is 0.702. The summed E-state index contributed by atoms with van der Waals surface area (Å²) in [5.74, 6) is -0.212. The number of hydrogen-bond acceptors (Lipinski definition) is 4. The summed E-state index contributed by atoms with van der Waals surface area (Å²) in [6.45, 7) is 3.97. The first-order valence-corrected chi connectivity index (χ1v) is 5.02. The van der Waals surface area contributed by atoms with Crippen molar-refractivity contribution >= 4 is 12.1 Å². The first-order chi connectivity index (χ1) is 7.19. The summed E-state index contributed by atoms with van der Waals surface area (Å²) in [7, 11) is 0. The zero-order chi connectivity index (χ0) is 11.3. The van der Waals surface area contributed by atoms with Crippen molar-refractivity contribution in [3.63, 3.8) is 0 Å². The molecule has 0 aliphatic carbocycles. The Labute approximate surface area is 88.6 Å². The van der Waals surface area contributed by atoms with Crippen molar-refractivity contribution in [2.45, 2.75) is 33.1 Å². The monoisotopic (exact) mass is 213 g/mol. The van der Waals surface area contributed by atoms with Crippen LogP contribution >= 0.6 is 0 Å². The summed E-state index contributed by atoms with van der Waals surface area (Å²) < 4.78 is 4.71. The molecule has 0 spiro atoms. The third-order valence-corrected chi connectivity index (χ3v) is 2.01. The van der Waals surface area contributed by atoms with E-state index in [2.05, 4.69) is 0 Å². The van der Waals surface area contributed by atoms with Gasteiger partial charge in [-0.15, -0.1) is 5.06 Å². The Morgan fingerprint density at radius 3 is 2.87 bits per heavy atom. The molecule has 84 valence electrons. The molecule has 1 aliphatic rings. The highest BCUT2D eigenvalue weighted by Crippen LogP contribution is 2.22. The van der Waals surface area contributed by atoms with Crippen LogP contribution in [0.25, 0.3) is 0 Å².